The molecule has 0 radical (unpaired) electrons. The number of nitrogens with one attached hydrogen (secondary N) is 1. The molecule has 4 nitrogen and oxygen atoms in total. The summed E-state index contributed by atoms with van der Waals surface area (Å²) in [4.78, 5) is 12.4. The highest BCUT2D eigenvalue weighted by Gasteiger charge is 2.17. The van der Waals surface area contributed by atoms with Crippen LogP contribution in [0.15, 0.2) is 59.1 Å². The number of hydrogen-bond acceptors (Lipinski definition) is 3. The SMILES string of the molecule is Cc1ccccc1CCC(=O)Nc1c(-c2ccccc2)noc1C. The smallest absolute Gasteiger partial charge is 0.224 e. The van der Waals surface area contributed by atoms with Crippen molar-refractivity contribution in [1.82, 2.24) is 5.16 Å². The van der Waals surface area contributed by atoms with Gasteiger partial charge in [0.2, 0.25) is 5.91 Å². The van der Waals surface area contributed by atoms with Gasteiger partial charge in [-0.15, -0.1) is 0 Å². The van der Waals surface area contributed by atoms with Gasteiger partial charge in [0.15, 0.2) is 5.76 Å². The second-order valence-electron chi connectivity index (χ2n) is 5.80. The van der Waals surface area contributed by atoms with Crippen molar-refractivity contribution >= 4 is 11.6 Å². The van der Waals surface area contributed by atoms with Gasteiger partial charge in [0, 0.05) is 12.0 Å². The quantitative estimate of drug-likeness (QED) is 0.751. The number of aryl methyl sites for hydroxylation is 3. The molecular weight excluding hydrogens is 300 g/mol. The van der Waals surface area contributed by atoms with E-state index < -0.39 is 0 Å². The third kappa shape index (κ3) is 3.54. The van der Waals surface area contributed by atoms with E-state index in [1.165, 1.54) is 11.1 Å². The van der Waals surface area contributed by atoms with Crippen LogP contribution in [0.1, 0.15) is 23.3 Å². The minimum Gasteiger partial charge on any atom is -0.359 e. The topological polar surface area (TPSA) is 55.1 Å². The molecule has 1 N–H and O–H groups in total. The Hall–Kier alpha value is -2.88. The molecule has 4 heteroatoms. The van der Waals surface area contributed by atoms with E-state index >= 15 is 0 Å². The second-order valence-corrected chi connectivity index (χ2v) is 5.80. The van der Waals surface area contributed by atoms with Gasteiger partial charge in [0.25, 0.3) is 0 Å². The van der Waals surface area contributed by atoms with Gasteiger partial charge < -0.3 is 9.84 Å². The number of carbonyl (C=O) groups excluding carboxylic acids is 1. The summed E-state index contributed by atoms with van der Waals surface area (Å²) in [5.74, 6) is 0.569. The van der Waals surface area contributed by atoms with Crippen LogP contribution >= 0.6 is 0 Å². The predicted molar refractivity (Wildman–Crippen MR) is 94.8 cm³/mol. The van der Waals surface area contributed by atoms with Gasteiger partial charge in [-0.3, -0.25) is 4.79 Å². The van der Waals surface area contributed by atoms with Crippen molar-refractivity contribution in [3.05, 3.63) is 71.5 Å². The molecular formula is C20H20N2O2. The standard InChI is InChI=1S/C20H20N2O2/c1-14-8-6-7-9-16(14)12-13-18(23)21-19-15(2)24-22-20(19)17-10-4-3-5-11-17/h3-11H,12-13H2,1-2H3,(H,21,23). The minimum atomic E-state index is -0.0401. The average Bonchev–Trinajstić information content (AvgIpc) is 2.96. The zero-order valence-corrected chi connectivity index (χ0v) is 13.9. The molecule has 0 aliphatic rings. The predicted octanol–water partition coefficient (Wildman–Crippen LogP) is 4.53. The van der Waals surface area contributed by atoms with Crippen molar-refractivity contribution in [1.29, 1.82) is 0 Å². The molecule has 0 saturated heterocycles. The Bertz CT molecular complexity index is 838. The molecule has 3 rings (SSSR count). The number of hydrogen-bond donors (Lipinski definition) is 1. The highest BCUT2D eigenvalue weighted by molar-refractivity contribution is 5.95. The lowest BCUT2D eigenvalue weighted by atomic mass is 10.0. The Kier molecular flexibility index (Phi) is 4.75. The van der Waals surface area contributed by atoms with Crippen LogP contribution in [0.25, 0.3) is 11.3 Å². The highest BCUT2D eigenvalue weighted by Crippen LogP contribution is 2.30. The number of aromatic nitrogens is 1. The van der Waals surface area contributed by atoms with Crippen LogP contribution in [0.3, 0.4) is 0 Å². The molecule has 24 heavy (non-hydrogen) atoms. The minimum absolute atomic E-state index is 0.0401. The van der Waals surface area contributed by atoms with E-state index in [1.807, 2.05) is 42.5 Å². The zero-order valence-electron chi connectivity index (χ0n) is 13.9. The molecule has 3 aromatic rings. The fraction of sp³-hybridized carbons (Fsp3) is 0.200. The molecule has 0 saturated carbocycles. The van der Waals surface area contributed by atoms with E-state index in [0.717, 1.165) is 5.56 Å². The molecule has 0 aliphatic heterocycles. The first-order valence-electron chi connectivity index (χ1n) is 8.01. The summed E-state index contributed by atoms with van der Waals surface area (Å²) in [5.41, 5.74) is 4.63. The van der Waals surface area contributed by atoms with E-state index in [1.54, 1.807) is 6.92 Å². The van der Waals surface area contributed by atoms with Crippen molar-refractivity contribution in [2.24, 2.45) is 0 Å². The maximum absolute atomic E-state index is 12.4. The van der Waals surface area contributed by atoms with Gasteiger partial charge in [-0.25, -0.2) is 0 Å². The monoisotopic (exact) mass is 320 g/mol. The first kappa shape index (κ1) is 16.0. The molecule has 0 fully saturated rings. The molecule has 1 amide bonds. The van der Waals surface area contributed by atoms with Crippen molar-refractivity contribution in [2.75, 3.05) is 5.32 Å². The molecule has 2 aromatic carbocycles. The third-order valence-electron chi connectivity index (χ3n) is 4.06. The summed E-state index contributed by atoms with van der Waals surface area (Å²) < 4.78 is 5.27. The van der Waals surface area contributed by atoms with Crippen LogP contribution in [-0.2, 0) is 11.2 Å². The lowest BCUT2D eigenvalue weighted by Gasteiger charge is -2.07. The fourth-order valence-electron chi connectivity index (χ4n) is 2.65. The van der Waals surface area contributed by atoms with E-state index in [-0.39, 0.29) is 5.91 Å². The maximum Gasteiger partial charge on any atom is 0.224 e. The van der Waals surface area contributed by atoms with Gasteiger partial charge in [-0.05, 0) is 31.4 Å². The van der Waals surface area contributed by atoms with E-state index in [4.69, 9.17) is 4.52 Å². The van der Waals surface area contributed by atoms with Gasteiger partial charge in [0.1, 0.15) is 11.4 Å². The summed E-state index contributed by atoms with van der Waals surface area (Å²) in [7, 11) is 0. The Morgan fingerprint density at radius 3 is 2.50 bits per heavy atom. The highest BCUT2D eigenvalue weighted by atomic mass is 16.5. The van der Waals surface area contributed by atoms with Crippen LogP contribution < -0.4 is 5.32 Å². The van der Waals surface area contributed by atoms with Crippen LogP contribution in [0.4, 0.5) is 5.69 Å². The molecule has 0 aliphatic carbocycles. The third-order valence-corrected chi connectivity index (χ3v) is 4.06. The molecule has 122 valence electrons. The molecule has 0 spiro atoms. The number of anilines is 1. The summed E-state index contributed by atoms with van der Waals surface area (Å²) >= 11 is 0. The second kappa shape index (κ2) is 7.13. The fourth-order valence-corrected chi connectivity index (χ4v) is 2.65. The maximum atomic E-state index is 12.4. The number of nitrogens with zero attached hydrogens (tertiary/aromatic N) is 1. The van der Waals surface area contributed by atoms with Crippen molar-refractivity contribution < 1.29 is 9.32 Å². The number of amides is 1. The lowest BCUT2D eigenvalue weighted by Crippen LogP contribution is -2.13. The normalized spacial score (nSPS) is 10.6. The molecule has 0 unspecified atom stereocenters. The van der Waals surface area contributed by atoms with E-state index in [9.17, 15) is 4.79 Å². The Morgan fingerprint density at radius 1 is 1.04 bits per heavy atom. The van der Waals surface area contributed by atoms with Crippen LogP contribution in [-0.4, -0.2) is 11.1 Å². The number of carbonyl (C=O) groups is 1. The van der Waals surface area contributed by atoms with Crippen molar-refractivity contribution in [3.63, 3.8) is 0 Å². The van der Waals surface area contributed by atoms with Crippen molar-refractivity contribution in [3.8, 4) is 11.3 Å². The van der Waals surface area contributed by atoms with Crippen molar-refractivity contribution in [2.45, 2.75) is 26.7 Å². The Balaban J connectivity index is 1.71. The largest absolute Gasteiger partial charge is 0.359 e. The zero-order chi connectivity index (χ0) is 16.9. The summed E-state index contributed by atoms with van der Waals surface area (Å²) in [6.45, 7) is 3.86. The van der Waals surface area contributed by atoms with E-state index in [2.05, 4.69) is 29.5 Å². The number of rotatable bonds is 5. The van der Waals surface area contributed by atoms with Crippen LogP contribution in [0.5, 0.6) is 0 Å². The van der Waals surface area contributed by atoms with Gasteiger partial charge in [-0.1, -0.05) is 59.8 Å². The average molecular weight is 320 g/mol. The first-order chi connectivity index (χ1) is 11.6. The van der Waals surface area contributed by atoms with Crippen LogP contribution in [0.2, 0.25) is 0 Å². The summed E-state index contributed by atoms with van der Waals surface area (Å²) in [6.07, 6.45) is 1.13. The van der Waals surface area contributed by atoms with Gasteiger partial charge >= 0.3 is 0 Å². The number of benzene rings is 2. The molecule has 1 heterocycles. The Morgan fingerprint density at radius 2 is 1.75 bits per heavy atom. The van der Waals surface area contributed by atoms with Gasteiger partial charge in [-0.2, -0.15) is 0 Å². The Labute approximate surface area is 141 Å². The summed E-state index contributed by atoms with van der Waals surface area (Å²) in [6, 6.07) is 17.8. The van der Waals surface area contributed by atoms with E-state index in [0.29, 0.717) is 30.0 Å². The molecule has 0 atom stereocenters. The molecule has 0 bridgehead atoms. The molecule has 1 aromatic heterocycles. The lowest BCUT2D eigenvalue weighted by molar-refractivity contribution is -0.116. The summed E-state index contributed by atoms with van der Waals surface area (Å²) in [5, 5.41) is 7.03. The first-order valence-corrected chi connectivity index (χ1v) is 8.01. The van der Waals surface area contributed by atoms with Gasteiger partial charge in [0.05, 0.1) is 0 Å². The van der Waals surface area contributed by atoms with Crippen LogP contribution in [0, 0.1) is 13.8 Å².